The first kappa shape index (κ1) is 20.2. The Morgan fingerprint density at radius 3 is 2.30 bits per heavy atom. The fraction of sp³-hybridized carbons (Fsp3) is 0.222. The van der Waals surface area contributed by atoms with Crippen molar-refractivity contribution >= 4 is 39.1 Å². The van der Waals surface area contributed by atoms with E-state index in [9.17, 15) is 18.0 Å². The Hall–Kier alpha value is -3.07. The van der Waals surface area contributed by atoms with Crippen LogP contribution in [0.2, 0.25) is 0 Å². The van der Waals surface area contributed by atoms with Crippen LogP contribution >= 0.6 is 0 Å². The van der Waals surface area contributed by atoms with E-state index in [-0.39, 0.29) is 17.9 Å². The highest BCUT2D eigenvalue weighted by Crippen LogP contribution is 2.21. The predicted octanol–water partition coefficient (Wildman–Crippen LogP) is 2.90. The number of sulfonamides is 1. The molecule has 144 valence electrons. The van der Waals surface area contributed by atoms with Gasteiger partial charge in [0.15, 0.2) is 0 Å². The first-order valence-corrected chi connectivity index (χ1v) is 9.99. The van der Waals surface area contributed by atoms with Crippen LogP contribution in [-0.2, 0) is 14.8 Å². The van der Waals surface area contributed by atoms with Crippen molar-refractivity contribution in [2.45, 2.75) is 6.92 Å². The van der Waals surface area contributed by atoms with E-state index >= 15 is 0 Å². The summed E-state index contributed by atoms with van der Waals surface area (Å²) in [7, 11) is -1.93. The summed E-state index contributed by atoms with van der Waals surface area (Å²) in [6, 6.07) is 12.9. The highest BCUT2D eigenvalue weighted by atomic mass is 32.2. The molecule has 0 fully saturated rings. The van der Waals surface area contributed by atoms with Gasteiger partial charge in [-0.1, -0.05) is 12.1 Å². The van der Waals surface area contributed by atoms with Crippen LogP contribution in [0.1, 0.15) is 17.3 Å². The predicted molar refractivity (Wildman–Crippen MR) is 105 cm³/mol. The molecule has 0 saturated heterocycles. The molecule has 9 heteroatoms. The maximum absolute atomic E-state index is 12.5. The lowest BCUT2D eigenvalue weighted by Crippen LogP contribution is -2.26. The molecule has 2 aromatic carbocycles. The van der Waals surface area contributed by atoms with E-state index in [4.69, 9.17) is 4.74 Å². The van der Waals surface area contributed by atoms with Gasteiger partial charge in [-0.25, -0.2) is 13.2 Å². The summed E-state index contributed by atoms with van der Waals surface area (Å²) in [6.45, 7) is 2.00. The average Bonchev–Trinajstić information content (AvgIpc) is 2.61. The van der Waals surface area contributed by atoms with Gasteiger partial charge in [-0.15, -0.1) is 0 Å². The largest absolute Gasteiger partial charge is 0.449 e. The van der Waals surface area contributed by atoms with Gasteiger partial charge in [0.25, 0.3) is 5.91 Å². The van der Waals surface area contributed by atoms with Gasteiger partial charge < -0.3 is 10.1 Å². The summed E-state index contributed by atoms with van der Waals surface area (Å²) in [5.74, 6) is -0.465. The molecule has 0 spiro atoms. The van der Waals surface area contributed by atoms with Crippen LogP contribution in [-0.4, -0.2) is 40.3 Å². The lowest BCUT2D eigenvalue weighted by Gasteiger charge is -2.17. The number of nitrogens with zero attached hydrogens (tertiary/aromatic N) is 1. The molecule has 8 nitrogen and oxygen atoms in total. The van der Waals surface area contributed by atoms with Gasteiger partial charge in [-0.3, -0.25) is 14.4 Å². The fourth-order valence-corrected chi connectivity index (χ4v) is 2.84. The highest BCUT2D eigenvalue weighted by molar-refractivity contribution is 7.92. The Kier molecular flexibility index (Phi) is 6.40. The molecule has 0 bridgehead atoms. The van der Waals surface area contributed by atoms with Crippen LogP contribution in [0.15, 0.2) is 48.5 Å². The molecule has 0 aliphatic rings. The number of hydrogen-bond acceptors (Lipinski definition) is 5. The van der Waals surface area contributed by atoms with E-state index in [1.165, 1.54) is 17.0 Å². The number of anilines is 3. The minimum atomic E-state index is -3.51. The van der Waals surface area contributed by atoms with Gasteiger partial charge >= 0.3 is 6.09 Å². The lowest BCUT2D eigenvalue weighted by molar-refractivity contribution is 0.102. The zero-order valence-corrected chi connectivity index (χ0v) is 16.0. The molecule has 2 amide bonds. The molecule has 0 saturated carbocycles. The molecular weight excluding hydrogens is 370 g/mol. The quantitative estimate of drug-likeness (QED) is 0.788. The highest BCUT2D eigenvalue weighted by Gasteiger charge is 2.15. The summed E-state index contributed by atoms with van der Waals surface area (Å²) in [6.07, 6.45) is 0.538. The Morgan fingerprint density at radius 2 is 1.70 bits per heavy atom. The number of para-hydroxylation sites is 1. The lowest BCUT2D eigenvalue weighted by atomic mass is 10.1. The van der Waals surface area contributed by atoms with Crippen molar-refractivity contribution in [3.8, 4) is 0 Å². The minimum absolute atomic E-state index is 0.190. The second-order valence-corrected chi connectivity index (χ2v) is 7.43. The second kappa shape index (κ2) is 8.54. The second-order valence-electron chi connectivity index (χ2n) is 5.68. The summed E-state index contributed by atoms with van der Waals surface area (Å²) >= 11 is 0. The molecule has 0 aliphatic carbocycles. The van der Waals surface area contributed by atoms with E-state index < -0.39 is 22.0 Å². The molecule has 2 rings (SSSR count). The maximum Gasteiger partial charge on any atom is 0.413 e. The number of hydrogen-bond donors (Lipinski definition) is 2. The van der Waals surface area contributed by atoms with Gasteiger partial charge in [-0.2, -0.15) is 0 Å². The Morgan fingerprint density at radius 1 is 1.07 bits per heavy atom. The zero-order chi connectivity index (χ0) is 20.0. The number of nitrogens with one attached hydrogen (secondary N) is 2. The monoisotopic (exact) mass is 391 g/mol. The third-order valence-corrected chi connectivity index (χ3v) is 4.11. The van der Waals surface area contributed by atoms with Crippen LogP contribution < -0.4 is 14.9 Å². The number of amides is 2. The zero-order valence-electron chi connectivity index (χ0n) is 15.2. The smallest absolute Gasteiger partial charge is 0.413 e. The average molecular weight is 391 g/mol. The number of rotatable bonds is 6. The molecule has 0 heterocycles. The third-order valence-electron chi connectivity index (χ3n) is 3.52. The third kappa shape index (κ3) is 5.71. The van der Waals surface area contributed by atoms with Crippen LogP contribution in [0.5, 0.6) is 0 Å². The van der Waals surface area contributed by atoms with E-state index in [0.29, 0.717) is 11.4 Å². The fourth-order valence-electron chi connectivity index (χ4n) is 2.26. The van der Waals surface area contributed by atoms with Crippen LogP contribution in [0.3, 0.4) is 0 Å². The van der Waals surface area contributed by atoms with Gasteiger partial charge in [0.1, 0.15) is 0 Å². The number of ether oxygens (including phenoxy) is 1. The molecular formula is C18H21N3O5S. The Bertz CT molecular complexity index is 926. The van der Waals surface area contributed by atoms with E-state index in [0.717, 1.165) is 6.26 Å². The van der Waals surface area contributed by atoms with Crippen molar-refractivity contribution in [1.29, 1.82) is 0 Å². The molecule has 2 aromatic rings. The first-order valence-electron chi connectivity index (χ1n) is 8.10. The van der Waals surface area contributed by atoms with Gasteiger partial charge in [0.2, 0.25) is 10.0 Å². The standard InChI is InChI=1S/C18H21N3O5S/c1-4-26-18(23)21(2)14-11-9-13(10-12-14)19-17(22)15-7-5-6-8-16(15)20-27(3,24)25/h5-12,20H,4H2,1-3H3,(H,19,22). The Labute approximate surface area is 158 Å². The number of carbonyl (C=O) groups is 2. The van der Waals surface area contributed by atoms with E-state index in [2.05, 4.69) is 10.0 Å². The molecule has 0 radical (unpaired) electrons. The Balaban J connectivity index is 2.14. The summed E-state index contributed by atoms with van der Waals surface area (Å²) in [5.41, 5.74) is 1.48. The SMILES string of the molecule is CCOC(=O)N(C)c1ccc(NC(=O)c2ccccc2NS(C)(=O)=O)cc1. The topological polar surface area (TPSA) is 105 Å². The van der Waals surface area contributed by atoms with Crippen molar-refractivity contribution in [1.82, 2.24) is 0 Å². The van der Waals surface area contributed by atoms with Gasteiger partial charge in [0, 0.05) is 18.4 Å². The first-order chi connectivity index (χ1) is 12.7. The van der Waals surface area contributed by atoms with Crippen LogP contribution in [0.4, 0.5) is 21.9 Å². The minimum Gasteiger partial charge on any atom is -0.449 e. The van der Waals surface area contributed by atoms with Crippen molar-refractivity contribution in [3.05, 3.63) is 54.1 Å². The molecule has 27 heavy (non-hydrogen) atoms. The molecule has 0 aromatic heterocycles. The molecule has 0 atom stereocenters. The van der Waals surface area contributed by atoms with Crippen molar-refractivity contribution < 1.29 is 22.7 Å². The summed E-state index contributed by atoms with van der Waals surface area (Å²) in [4.78, 5) is 25.6. The van der Waals surface area contributed by atoms with Crippen LogP contribution in [0, 0.1) is 0 Å². The number of carbonyl (C=O) groups excluding carboxylic acids is 2. The molecule has 0 unspecified atom stereocenters. The summed E-state index contributed by atoms with van der Waals surface area (Å²) in [5, 5.41) is 2.70. The van der Waals surface area contributed by atoms with Crippen molar-refractivity contribution in [2.75, 3.05) is 34.8 Å². The van der Waals surface area contributed by atoms with E-state index in [1.54, 1.807) is 50.4 Å². The van der Waals surface area contributed by atoms with Crippen molar-refractivity contribution in [3.63, 3.8) is 0 Å². The maximum atomic E-state index is 12.5. The molecule has 2 N–H and O–H groups in total. The number of benzene rings is 2. The van der Waals surface area contributed by atoms with Crippen LogP contribution in [0.25, 0.3) is 0 Å². The molecule has 0 aliphatic heterocycles. The van der Waals surface area contributed by atoms with Crippen molar-refractivity contribution in [2.24, 2.45) is 0 Å². The summed E-state index contributed by atoms with van der Waals surface area (Å²) < 4.78 is 30.1. The normalized spacial score (nSPS) is 10.8. The van der Waals surface area contributed by atoms with Gasteiger partial charge in [-0.05, 0) is 43.3 Å². The van der Waals surface area contributed by atoms with E-state index in [1.807, 2.05) is 0 Å². The van der Waals surface area contributed by atoms with Gasteiger partial charge in [0.05, 0.1) is 24.1 Å².